The van der Waals surface area contributed by atoms with Crippen LogP contribution >= 0.6 is 23.2 Å². The number of nitrogens with two attached hydrogens (primary N) is 1. The second-order valence-corrected chi connectivity index (χ2v) is 7.34. The molecule has 0 unspecified atom stereocenters. The molecule has 168 valence electrons. The highest BCUT2D eigenvalue weighted by molar-refractivity contribution is 6.18. The summed E-state index contributed by atoms with van der Waals surface area (Å²) in [6.45, 7) is 3.15. The van der Waals surface area contributed by atoms with Gasteiger partial charge in [0.15, 0.2) is 0 Å². The van der Waals surface area contributed by atoms with E-state index in [2.05, 4.69) is 10.2 Å². The number of nitrogens with one attached hydrogen (secondary N) is 1. The van der Waals surface area contributed by atoms with Crippen LogP contribution < -0.4 is 16.0 Å². The third kappa shape index (κ3) is 9.19. The Balaban J connectivity index is 2.85. The summed E-state index contributed by atoms with van der Waals surface area (Å²) in [5.74, 6) is -1.28. The predicted molar refractivity (Wildman–Crippen MR) is 117 cm³/mol. The van der Waals surface area contributed by atoms with Gasteiger partial charge >= 0.3 is 11.9 Å². The summed E-state index contributed by atoms with van der Waals surface area (Å²) in [5.41, 5.74) is 7.50. The largest absolute Gasteiger partial charge is 0.481 e. The van der Waals surface area contributed by atoms with Gasteiger partial charge in [-0.3, -0.25) is 9.59 Å². The summed E-state index contributed by atoms with van der Waals surface area (Å²) in [4.78, 5) is 37.3. The van der Waals surface area contributed by atoms with Gasteiger partial charge in [-0.1, -0.05) is 12.1 Å². The van der Waals surface area contributed by atoms with Crippen LogP contribution in [0.4, 0.5) is 5.69 Å². The highest BCUT2D eigenvalue weighted by Gasteiger charge is 2.25. The van der Waals surface area contributed by atoms with E-state index < -0.39 is 29.9 Å². The Morgan fingerprint density at radius 1 is 1.17 bits per heavy atom. The van der Waals surface area contributed by atoms with Gasteiger partial charge in [0.05, 0.1) is 12.6 Å². The summed E-state index contributed by atoms with van der Waals surface area (Å²) < 4.78 is 5.05. The van der Waals surface area contributed by atoms with E-state index in [-0.39, 0.29) is 25.9 Å². The van der Waals surface area contributed by atoms with Crippen molar-refractivity contribution in [2.45, 2.75) is 38.3 Å². The summed E-state index contributed by atoms with van der Waals surface area (Å²) in [5, 5.41) is 11.3. The number of anilines is 1. The molecule has 0 fully saturated rings. The average molecular weight is 462 g/mol. The molecule has 4 N–H and O–H groups in total. The number of aliphatic carboxylic acids is 1. The maximum absolute atomic E-state index is 12.3. The van der Waals surface area contributed by atoms with Crippen molar-refractivity contribution in [1.82, 2.24) is 5.32 Å². The van der Waals surface area contributed by atoms with Crippen molar-refractivity contribution in [2.75, 3.05) is 36.4 Å². The summed E-state index contributed by atoms with van der Waals surface area (Å²) in [6, 6.07) is 5.55. The van der Waals surface area contributed by atoms with Crippen LogP contribution in [-0.4, -0.2) is 66.5 Å². The molecule has 0 radical (unpaired) electrons. The van der Waals surface area contributed by atoms with Gasteiger partial charge in [-0.05, 0) is 31.0 Å². The number of carboxylic acids is 1. The van der Waals surface area contributed by atoms with Crippen LogP contribution in [0.2, 0.25) is 0 Å². The third-order valence-electron chi connectivity index (χ3n) is 4.34. The molecule has 0 aliphatic heterocycles. The zero-order chi connectivity index (χ0) is 22.5. The van der Waals surface area contributed by atoms with Crippen molar-refractivity contribution in [1.29, 1.82) is 0 Å². The van der Waals surface area contributed by atoms with Gasteiger partial charge < -0.3 is 25.8 Å². The minimum atomic E-state index is -1.04. The first kappa shape index (κ1) is 26.0. The monoisotopic (exact) mass is 461 g/mol. The van der Waals surface area contributed by atoms with Crippen molar-refractivity contribution >= 4 is 46.7 Å². The fourth-order valence-electron chi connectivity index (χ4n) is 2.78. The van der Waals surface area contributed by atoms with Gasteiger partial charge in [-0.15, -0.1) is 23.2 Å². The molecule has 0 aromatic heterocycles. The lowest BCUT2D eigenvalue weighted by Gasteiger charge is -2.23. The molecule has 1 amide bonds. The molecule has 1 aromatic rings. The number of carbonyl (C=O) groups excluding carboxylic acids is 2. The van der Waals surface area contributed by atoms with E-state index in [0.29, 0.717) is 24.8 Å². The van der Waals surface area contributed by atoms with Crippen molar-refractivity contribution in [3.05, 3.63) is 29.8 Å². The Kier molecular flexibility index (Phi) is 12.2. The number of amides is 1. The Bertz CT molecular complexity index is 682. The average Bonchev–Trinajstić information content (AvgIpc) is 2.72. The van der Waals surface area contributed by atoms with Crippen LogP contribution in [-0.2, 0) is 25.5 Å². The van der Waals surface area contributed by atoms with Crippen molar-refractivity contribution in [3.63, 3.8) is 0 Å². The Morgan fingerprint density at radius 2 is 1.77 bits per heavy atom. The van der Waals surface area contributed by atoms with E-state index in [9.17, 15) is 14.4 Å². The molecule has 1 aromatic carbocycles. The third-order valence-corrected chi connectivity index (χ3v) is 4.68. The topological polar surface area (TPSA) is 122 Å². The fraction of sp³-hybridized carbons (Fsp3) is 0.550. The van der Waals surface area contributed by atoms with Crippen LogP contribution in [0.1, 0.15) is 25.3 Å². The van der Waals surface area contributed by atoms with Crippen LogP contribution in [0.15, 0.2) is 24.3 Å². The number of benzene rings is 1. The lowest BCUT2D eigenvalue weighted by atomic mass is 10.0. The van der Waals surface area contributed by atoms with Gasteiger partial charge in [-0.2, -0.15) is 0 Å². The quantitative estimate of drug-likeness (QED) is 0.285. The molecule has 2 atom stereocenters. The molecule has 0 bridgehead atoms. The van der Waals surface area contributed by atoms with E-state index >= 15 is 0 Å². The van der Waals surface area contributed by atoms with E-state index in [1.807, 2.05) is 24.3 Å². The number of ether oxygens (including phenoxy) is 1. The SMILES string of the molecule is CCOC(=O)[C@H](Cc1ccc(N(CCCl)CCCl)cc1)NC(=O)[C@@H](N)CCC(=O)O. The maximum atomic E-state index is 12.3. The number of halogens is 2. The molecule has 0 aliphatic rings. The molecule has 0 spiro atoms. The molecule has 10 heteroatoms. The number of rotatable bonds is 14. The van der Waals surface area contributed by atoms with Gasteiger partial charge in [0.1, 0.15) is 6.04 Å². The van der Waals surface area contributed by atoms with Gasteiger partial charge in [0.2, 0.25) is 5.91 Å². The summed E-state index contributed by atoms with van der Waals surface area (Å²) in [7, 11) is 0. The Hall–Kier alpha value is -2.03. The minimum absolute atomic E-state index is 0.0254. The standard InChI is InChI=1S/C20H29Cl2N3O5/c1-2-30-20(29)17(24-19(28)16(23)7-8-18(26)27)13-14-3-5-15(6-4-14)25(11-9-21)12-10-22/h3-6,16-17H,2,7-13,23H2,1H3,(H,24,28)(H,26,27)/t16-,17-/m0/s1. The molecular formula is C20H29Cl2N3O5. The molecule has 30 heavy (non-hydrogen) atoms. The molecule has 0 saturated carbocycles. The van der Waals surface area contributed by atoms with E-state index in [1.165, 1.54) is 0 Å². The van der Waals surface area contributed by atoms with Crippen LogP contribution in [0.3, 0.4) is 0 Å². The summed E-state index contributed by atoms with van der Waals surface area (Å²) >= 11 is 11.7. The normalized spacial score (nSPS) is 12.7. The van der Waals surface area contributed by atoms with Gasteiger partial charge in [0.25, 0.3) is 0 Å². The first-order valence-electron chi connectivity index (χ1n) is 9.72. The first-order valence-corrected chi connectivity index (χ1v) is 10.8. The maximum Gasteiger partial charge on any atom is 0.328 e. The number of hydrogen-bond donors (Lipinski definition) is 3. The smallest absolute Gasteiger partial charge is 0.328 e. The zero-order valence-electron chi connectivity index (χ0n) is 17.0. The van der Waals surface area contributed by atoms with E-state index in [0.717, 1.165) is 11.3 Å². The summed E-state index contributed by atoms with van der Waals surface area (Å²) in [6.07, 6.45) is -0.0505. The van der Waals surface area contributed by atoms with Crippen molar-refractivity contribution < 1.29 is 24.2 Å². The van der Waals surface area contributed by atoms with E-state index in [4.69, 9.17) is 38.8 Å². The second-order valence-electron chi connectivity index (χ2n) is 6.59. The molecule has 0 saturated heterocycles. The molecule has 0 heterocycles. The zero-order valence-corrected chi connectivity index (χ0v) is 18.5. The lowest BCUT2D eigenvalue weighted by Crippen LogP contribution is -2.50. The molecule has 8 nitrogen and oxygen atoms in total. The second kappa shape index (κ2) is 14.1. The molecular weight excluding hydrogens is 433 g/mol. The fourth-order valence-corrected chi connectivity index (χ4v) is 3.19. The van der Waals surface area contributed by atoms with Crippen LogP contribution in [0.5, 0.6) is 0 Å². The predicted octanol–water partition coefficient (Wildman–Crippen LogP) is 1.75. The molecule has 0 aliphatic carbocycles. The highest BCUT2D eigenvalue weighted by atomic mass is 35.5. The van der Waals surface area contributed by atoms with Crippen LogP contribution in [0, 0.1) is 0 Å². The van der Waals surface area contributed by atoms with Crippen LogP contribution in [0.25, 0.3) is 0 Å². The Morgan fingerprint density at radius 3 is 2.27 bits per heavy atom. The van der Waals surface area contributed by atoms with Gasteiger partial charge in [-0.25, -0.2) is 4.79 Å². The highest BCUT2D eigenvalue weighted by Crippen LogP contribution is 2.17. The number of carboxylic acid groups (broad SMARTS) is 1. The Labute approximate surface area is 186 Å². The van der Waals surface area contributed by atoms with Gasteiger partial charge in [0, 0.05) is 43.4 Å². The number of nitrogens with zero attached hydrogens (tertiary/aromatic N) is 1. The number of carbonyl (C=O) groups is 3. The van der Waals surface area contributed by atoms with Crippen molar-refractivity contribution in [2.24, 2.45) is 5.73 Å². The van der Waals surface area contributed by atoms with Crippen molar-refractivity contribution in [3.8, 4) is 0 Å². The number of esters is 1. The van der Waals surface area contributed by atoms with E-state index in [1.54, 1.807) is 6.92 Å². The minimum Gasteiger partial charge on any atom is -0.481 e. The lowest BCUT2D eigenvalue weighted by molar-refractivity contribution is -0.147. The first-order chi connectivity index (χ1) is 14.3. The number of alkyl halides is 2. The molecule has 1 rings (SSSR count). The number of hydrogen-bond acceptors (Lipinski definition) is 6.